The molecular weight excluding hydrogens is 904 g/mol. The van der Waals surface area contributed by atoms with Crippen molar-refractivity contribution in [3.8, 4) is 34.3 Å². The first-order valence-corrected chi connectivity index (χ1v) is 19.7. The van der Waals surface area contributed by atoms with E-state index in [9.17, 15) is 85.3 Å². The summed E-state index contributed by atoms with van der Waals surface area (Å²) in [4.78, 5) is 63.2. The van der Waals surface area contributed by atoms with Crippen molar-refractivity contribution in [3.05, 3.63) is 88.6 Å². The number of carbonyl (C=O) groups is 4. The number of carboxylic acids is 3. The zero-order valence-corrected chi connectivity index (χ0v) is 33.8. The number of aliphatic carboxylic acids is 3. The van der Waals surface area contributed by atoms with E-state index in [1.807, 2.05) is 0 Å². The maximum atomic E-state index is 13.5. The summed E-state index contributed by atoms with van der Waals surface area (Å²) in [5.41, 5.74) is -0.459. The molecule has 15 atom stereocenters. The molecule has 0 aliphatic carbocycles. The maximum Gasteiger partial charge on any atom is 0.335 e. The van der Waals surface area contributed by atoms with Crippen molar-refractivity contribution in [2.75, 3.05) is 0 Å². The Balaban J connectivity index is 1.27. The molecule has 3 fully saturated rings. The van der Waals surface area contributed by atoms with E-state index >= 15 is 0 Å². The summed E-state index contributed by atoms with van der Waals surface area (Å²) in [6.45, 7) is 0. The van der Waals surface area contributed by atoms with Gasteiger partial charge in [0, 0.05) is 29.8 Å². The molecule has 15 unspecified atom stereocenters. The Hall–Kier alpha value is -6.75. The third-order valence-electron chi connectivity index (χ3n) is 10.7. The lowest BCUT2D eigenvalue weighted by molar-refractivity contribution is -0.373. The number of carbonyl (C=O) groups excluding carboxylic acids is 1. The van der Waals surface area contributed by atoms with Gasteiger partial charge in [-0.05, 0) is 48.0 Å². The van der Waals surface area contributed by atoms with E-state index in [1.54, 1.807) is 0 Å². The van der Waals surface area contributed by atoms with Crippen LogP contribution in [0.3, 0.4) is 0 Å². The Morgan fingerprint density at radius 1 is 0.567 bits per heavy atom. The highest BCUT2D eigenvalue weighted by Crippen LogP contribution is 2.37. The van der Waals surface area contributed by atoms with E-state index in [4.69, 9.17) is 37.6 Å². The van der Waals surface area contributed by atoms with Crippen LogP contribution in [0, 0.1) is 0 Å². The summed E-state index contributed by atoms with van der Waals surface area (Å²) >= 11 is 0. The second-order valence-corrected chi connectivity index (χ2v) is 15.2. The van der Waals surface area contributed by atoms with Gasteiger partial charge in [0.15, 0.2) is 48.5 Å². The highest BCUT2D eigenvalue weighted by atomic mass is 16.8. The van der Waals surface area contributed by atoms with E-state index in [2.05, 4.69) is 0 Å². The molecule has 4 aromatic rings. The van der Waals surface area contributed by atoms with Gasteiger partial charge in [0.25, 0.3) is 0 Å². The monoisotopic (exact) mass is 944 g/mol. The molecule has 25 nitrogen and oxygen atoms in total. The van der Waals surface area contributed by atoms with Crippen molar-refractivity contribution >= 4 is 40.9 Å². The van der Waals surface area contributed by atoms with Crippen LogP contribution >= 0.6 is 0 Å². The number of aliphatic hydroxyl groups excluding tert-OH is 6. The minimum Gasteiger partial charge on any atom is -0.508 e. The van der Waals surface area contributed by atoms with E-state index in [-0.39, 0.29) is 28.2 Å². The van der Waals surface area contributed by atoms with Gasteiger partial charge in [0.2, 0.25) is 6.29 Å². The maximum absolute atomic E-state index is 13.5. The van der Waals surface area contributed by atoms with E-state index < -0.39 is 133 Å². The Morgan fingerprint density at radius 2 is 1.10 bits per heavy atom. The van der Waals surface area contributed by atoms with Gasteiger partial charge in [-0.1, -0.05) is 12.1 Å². The van der Waals surface area contributed by atoms with Crippen molar-refractivity contribution in [3.63, 3.8) is 0 Å². The normalized spacial score (nSPS) is 32.1. The lowest BCUT2D eigenvalue weighted by atomic mass is 9.95. The fourth-order valence-corrected chi connectivity index (χ4v) is 7.31. The van der Waals surface area contributed by atoms with Crippen molar-refractivity contribution in [2.45, 2.75) is 92.1 Å². The second-order valence-electron chi connectivity index (χ2n) is 15.2. The fourth-order valence-electron chi connectivity index (χ4n) is 7.31. The zero-order chi connectivity index (χ0) is 48.6. The number of fused-ring (bicyclic) bond motifs is 1. The second kappa shape index (κ2) is 19.6. The molecule has 0 bridgehead atoms. The Morgan fingerprint density at radius 3 is 1.72 bits per heavy atom. The SMILES string of the molecule is O=C(C=Cc1ccc(O)cc1)OC1C(OC2C(Oc3cc(O)c4c(=O)cc(-c5ccc(O)cc5)oc4c3)OC(C(=O)O)C(O)C2O)OC(C(=O)O)C(O)C1OC1OC(C(=O)O)C(O)C(O)C1O. The van der Waals surface area contributed by atoms with Crippen molar-refractivity contribution in [1.82, 2.24) is 0 Å². The van der Waals surface area contributed by atoms with Gasteiger partial charge < -0.3 is 98.9 Å². The number of rotatable bonds is 13. The number of ether oxygens (including phenoxy) is 7. The van der Waals surface area contributed by atoms with Crippen LogP contribution in [0.25, 0.3) is 28.4 Å². The standard InChI is InChI=1S/C42H40O25/c43-16-6-1-14(2-7-16)3-10-23(47)62-36-31(63-40-29(52)25(48)26(49)32(64-40)37(54)55)30(53)34(39(58)59)66-42(36)67-35-28(51)27(50)33(38(56)57)65-41(35)60-18-11-19(45)24-20(46)13-21(61-22(24)12-18)15-4-8-17(44)9-5-15/h1-13,25-36,40-45,48-53H,(H,54,55)(H,56,57)(H,58,59). The van der Waals surface area contributed by atoms with Crippen LogP contribution in [0.4, 0.5) is 0 Å². The van der Waals surface area contributed by atoms with Gasteiger partial charge in [0.05, 0.1) is 0 Å². The topological polar surface area (TPSA) is 406 Å². The number of phenols is 3. The molecule has 3 saturated heterocycles. The van der Waals surface area contributed by atoms with Crippen LogP contribution < -0.4 is 10.2 Å². The third kappa shape index (κ3) is 10.2. The first-order chi connectivity index (χ1) is 31.7. The molecule has 0 radical (unpaired) electrons. The summed E-state index contributed by atoms with van der Waals surface area (Å²) < 4.78 is 44.9. The minimum absolute atomic E-state index is 0.0520. The first kappa shape index (κ1) is 48.2. The average molecular weight is 945 g/mol. The summed E-state index contributed by atoms with van der Waals surface area (Å²) in [5.74, 6) is -8.55. The summed E-state index contributed by atoms with van der Waals surface area (Å²) in [5, 5.41) is 125. The predicted molar refractivity (Wildman–Crippen MR) is 214 cm³/mol. The molecule has 0 amide bonds. The molecule has 4 heterocycles. The summed E-state index contributed by atoms with van der Waals surface area (Å²) in [7, 11) is 0. The van der Waals surface area contributed by atoms with Crippen LogP contribution in [0.15, 0.2) is 82.0 Å². The van der Waals surface area contributed by atoms with Gasteiger partial charge in [0.1, 0.15) is 82.5 Å². The molecule has 1 aromatic heterocycles. The quantitative estimate of drug-likeness (QED) is 0.0507. The van der Waals surface area contributed by atoms with Crippen LogP contribution in [-0.4, -0.2) is 177 Å². The van der Waals surface area contributed by atoms with Crippen molar-refractivity contribution in [1.29, 1.82) is 0 Å². The molecule has 3 aliphatic rings. The first-order valence-electron chi connectivity index (χ1n) is 19.7. The smallest absolute Gasteiger partial charge is 0.335 e. The van der Waals surface area contributed by atoms with Gasteiger partial charge >= 0.3 is 23.9 Å². The predicted octanol–water partition coefficient (Wildman–Crippen LogP) is -2.05. The number of phenolic OH excluding ortho intramolecular Hbond substituents is 3. The molecule has 358 valence electrons. The lowest BCUT2D eigenvalue weighted by Gasteiger charge is -2.47. The molecule has 0 saturated carbocycles. The molecule has 0 spiro atoms. The average Bonchev–Trinajstić information content (AvgIpc) is 3.27. The fraction of sp³-hybridized carbons (Fsp3) is 0.357. The van der Waals surface area contributed by atoms with Crippen LogP contribution in [0.1, 0.15) is 5.56 Å². The van der Waals surface area contributed by atoms with E-state index in [0.29, 0.717) is 11.1 Å². The number of carboxylic acid groups (broad SMARTS) is 3. The lowest BCUT2D eigenvalue weighted by Crippen LogP contribution is -2.68. The van der Waals surface area contributed by atoms with Crippen molar-refractivity contribution in [2.24, 2.45) is 0 Å². The number of esters is 1. The number of hydrogen-bond acceptors (Lipinski definition) is 22. The molecule has 7 rings (SSSR count). The van der Waals surface area contributed by atoms with Gasteiger partial charge in [-0.2, -0.15) is 0 Å². The van der Waals surface area contributed by atoms with Gasteiger partial charge in [-0.3, -0.25) is 4.79 Å². The van der Waals surface area contributed by atoms with Crippen LogP contribution in [-0.2, 0) is 47.6 Å². The van der Waals surface area contributed by atoms with Gasteiger partial charge in [-0.25, -0.2) is 19.2 Å². The molecule has 3 aliphatic heterocycles. The minimum atomic E-state index is -2.47. The van der Waals surface area contributed by atoms with Crippen LogP contribution in [0.5, 0.6) is 23.0 Å². The molecule has 25 heteroatoms. The van der Waals surface area contributed by atoms with Gasteiger partial charge in [-0.15, -0.1) is 0 Å². The Labute approximate surface area is 373 Å². The van der Waals surface area contributed by atoms with E-state index in [0.717, 1.165) is 30.4 Å². The Kier molecular flexibility index (Phi) is 14.1. The third-order valence-corrected chi connectivity index (χ3v) is 10.7. The Bertz CT molecular complexity index is 2560. The number of benzene rings is 3. The summed E-state index contributed by atoms with van der Waals surface area (Å²) in [6.07, 6.45) is -33.2. The molecule has 12 N–H and O–H groups in total. The van der Waals surface area contributed by atoms with Crippen LogP contribution in [0.2, 0.25) is 0 Å². The highest BCUT2D eigenvalue weighted by Gasteiger charge is 2.58. The zero-order valence-electron chi connectivity index (χ0n) is 33.8. The van der Waals surface area contributed by atoms with Crippen molar-refractivity contribution < 1.29 is 118 Å². The van der Waals surface area contributed by atoms with E-state index in [1.165, 1.54) is 48.5 Å². The molecule has 67 heavy (non-hydrogen) atoms. The molecular formula is C42H40O25. The largest absolute Gasteiger partial charge is 0.508 e. The number of aromatic hydroxyl groups is 3. The number of hydrogen-bond donors (Lipinski definition) is 12. The highest BCUT2D eigenvalue weighted by molar-refractivity contribution is 5.87. The summed E-state index contributed by atoms with van der Waals surface area (Å²) in [6, 6.07) is 13.6. The molecule has 3 aromatic carbocycles. The number of aliphatic hydroxyl groups is 6.